The second-order valence-corrected chi connectivity index (χ2v) is 11.1. The highest BCUT2D eigenvalue weighted by Crippen LogP contribution is 2.40. The molecule has 2 heterocycles. The number of halogens is 1. The Labute approximate surface area is 219 Å². The third-order valence-electron chi connectivity index (χ3n) is 7.92. The van der Waals surface area contributed by atoms with Crippen molar-refractivity contribution in [3.05, 3.63) is 74.0 Å². The summed E-state index contributed by atoms with van der Waals surface area (Å²) in [5, 5.41) is 11.7. The molecular weight excluding hydrogens is 522 g/mol. The van der Waals surface area contributed by atoms with Crippen LogP contribution in [-0.4, -0.2) is 34.6 Å². The van der Waals surface area contributed by atoms with E-state index in [1.807, 2.05) is 48.2 Å². The predicted octanol–water partition coefficient (Wildman–Crippen LogP) is 5.53. The maximum Gasteiger partial charge on any atom is 0.339 e. The fraction of sp³-hybridized carbons (Fsp3) is 0.448. The van der Waals surface area contributed by atoms with Gasteiger partial charge in [-0.3, -0.25) is 4.79 Å². The van der Waals surface area contributed by atoms with Crippen molar-refractivity contribution < 1.29 is 19.1 Å². The van der Waals surface area contributed by atoms with Gasteiger partial charge in [0.25, 0.3) is 0 Å². The Morgan fingerprint density at radius 3 is 2.92 bits per heavy atom. The summed E-state index contributed by atoms with van der Waals surface area (Å²) in [5.41, 5.74) is 1.89. The largest absolute Gasteiger partial charge is 0.489 e. The monoisotopic (exact) mass is 553 g/mol. The lowest BCUT2D eigenvalue weighted by Gasteiger charge is -2.47. The van der Waals surface area contributed by atoms with Gasteiger partial charge in [0.1, 0.15) is 17.9 Å². The Balaban J connectivity index is 1.25. The molecule has 1 aromatic heterocycles. The first-order valence-corrected chi connectivity index (χ1v) is 13.6. The molecule has 1 saturated carbocycles. The predicted molar refractivity (Wildman–Crippen MR) is 142 cm³/mol. The molecule has 0 bridgehead atoms. The topological polar surface area (TPSA) is 80.0 Å². The first-order valence-electron chi connectivity index (χ1n) is 12.8. The van der Waals surface area contributed by atoms with Crippen LogP contribution in [0.1, 0.15) is 55.2 Å². The molecule has 5 rings (SSSR count). The number of ether oxygens (including phenoxy) is 1. The second kappa shape index (κ2) is 10.4. The van der Waals surface area contributed by atoms with E-state index in [1.165, 1.54) is 0 Å². The van der Waals surface area contributed by atoms with Crippen LogP contribution in [0.25, 0.3) is 11.0 Å². The SMILES string of the molecule is Cc1c(CCC(=O)N2CCC3(O)CCCCC3C2)c(=O)oc2cc(OCc3cccc(Br)c3)ccc12. The number of nitrogens with zero attached hydrogens (tertiary/aromatic N) is 1. The van der Waals surface area contributed by atoms with Crippen LogP contribution in [0.15, 0.2) is 56.1 Å². The van der Waals surface area contributed by atoms with Crippen LogP contribution in [0.4, 0.5) is 0 Å². The van der Waals surface area contributed by atoms with Gasteiger partial charge in [-0.15, -0.1) is 0 Å². The van der Waals surface area contributed by atoms with Gasteiger partial charge in [0, 0.05) is 46.9 Å². The molecular formula is C29H32BrNO5. The molecule has 1 aliphatic carbocycles. The van der Waals surface area contributed by atoms with E-state index in [0.29, 0.717) is 49.4 Å². The maximum absolute atomic E-state index is 13.0. The number of rotatable bonds is 6. The number of carbonyl (C=O) groups is 1. The van der Waals surface area contributed by atoms with Crippen LogP contribution in [0.3, 0.4) is 0 Å². The maximum atomic E-state index is 13.0. The van der Waals surface area contributed by atoms with Gasteiger partial charge in [-0.2, -0.15) is 0 Å². The fourth-order valence-corrected chi connectivity index (χ4v) is 6.18. The normalized spacial score (nSPS) is 21.9. The zero-order valence-electron chi connectivity index (χ0n) is 20.6. The van der Waals surface area contributed by atoms with Crippen molar-refractivity contribution in [2.24, 2.45) is 5.92 Å². The molecule has 2 fully saturated rings. The number of likely N-dealkylation sites (tertiary alicyclic amines) is 1. The van der Waals surface area contributed by atoms with Gasteiger partial charge in [0.2, 0.25) is 5.91 Å². The van der Waals surface area contributed by atoms with Crippen LogP contribution in [-0.2, 0) is 17.8 Å². The molecule has 1 amide bonds. The number of amides is 1. The number of hydrogen-bond donors (Lipinski definition) is 1. The molecule has 3 aromatic rings. The molecule has 0 radical (unpaired) electrons. The van der Waals surface area contributed by atoms with Crippen LogP contribution < -0.4 is 10.4 Å². The summed E-state index contributed by atoms with van der Waals surface area (Å²) in [6.07, 6.45) is 5.24. The molecule has 1 N–H and O–H groups in total. The molecule has 6 nitrogen and oxygen atoms in total. The Kier molecular flexibility index (Phi) is 7.22. The first-order chi connectivity index (χ1) is 17.3. The van der Waals surface area contributed by atoms with Crippen molar-refractivity contribution in [1.82, 2.24) is 4.90 Å². The minimum absolute atomic E-state index is 0.0396. The number of fused-ring (bicyclic) bond motifs is 2. The molecule has 2 atom stereocenters. The van der Waals surface area contributed by atoms with E-state index in [-0.39, 0.29) is 18.2 Å². The summed E-state index contributed by atoms with van der Waals surface area (Å²) in [6.45, 7) is 3.51. The lowest BCUT2D eigenvalue weighted by atomic mass is 9.71. The summed E-state index contributed by atoms with van der Waals surface area (Å²) >= 11 is 3.46. The quantitative estimate of drug-likeness (QED) is 0.406. The average molecular weight is 554 g/mol. The summed E-state index contributed by atoms with van der Waals surface area (Å²) in [6, 6.07) is 13.4. The highest BCUT2D eigenvalue weighted by atomic mass is 79.9. The van der Waals surface area contributed by atoms with Crippen molar-refractivity contribution >= 4 is 32.8 Å². The van der Waals surface area contributed by atoms with Crippen molar-refractivity contribution in [1.29, 1.82) is 0 Å². The number of benzene rings is 2. The lowest BCUT2D eigenvalue weighted by Crippen LogP contribution is -2.54. The van der Waals surface area contributed by atoms with Crippen LogP contribution in [0, 0.1) is 12.8 Å². The van der Waals surface area contributed by atoms with Crippen molar-refractivity contribution in [2.75, 3.05) is 13.1 Å². The lowest BCUT2D eigenvalue weighted by molar-refractivity contribution is -0.143. The Hall–Kier alpha value is -2.64. The van der Waals surface area contributed by atoms with E-state index in [0.717, 1.165) is 46.7 Å². The third kappa shape index (κ3) is 5.23. The van der Waals surface area contributed by atoms with Gasteiger partial charge in [0.15, 0.2) is 0 Å². The Bertz CT molecular complexity index is 1330. The molecule has 2 aliphatic rings. The third-order valence-corrected chi connectivity index (χ3v) is 8.42. The van der Waals surface area contributed by atoms with E-state index < -0.39 is 11.2 Å². The smallest absolute Gasteiger partial charge is 0.339 e. The summed E-state index contributed by atoms with van der Waals surface area (Å²) in [7, 11) is 0. The van der Waals surface area contributed by atoms with E-state index in [4.69, 9.17) is 9.15 Å². The molecule has 1 aliphatic heterocycles. The van der Waals surface area contributed by atoms with Gasteiger partial charge in [-0.1, -0.05) is 40.9 Å². The molecule has 36 heavy (non-hydrogen) atoms. The summed E-state index contributed by atoms with van der Waals surface area (Å²) < 4.78 is 12.5. The second-order valence-electron chi connectivity index (χ2n) is 10.2. The van der Waals surface area contributed by atoms with Crippen molar-refractivity contribution in [2.45, 2.75) is 64.1 Å². The van der Waals surface area contributed by atoms with Gasteiger partial charge in [-0.25, -0.2) is 4.79 Å². The number of hydrogen-bond acceptors (Lipinski definition) is 5. The van der Waals surface area contributed by atoms with Gasteiger partial charge < -0.3 is 19.2 Å². The zero-order chi connectivity index (χ0) is 25.3. The number of aliphatic hydroxyl groups is 1. The van der Waals surface area contributed by atoms with Gasteiger partial charge in [0.05, 0.1) is 5.60 Å². The van der Waals surface area contributed by atoms with E-state index in [2.05, 4.69) is 15.9 Å². The average Bonchev–Trinajstić information content (AvgIpc) is 2.86. The molecule has 7 heteroatoms. The molecule has 190 valence electrons. The number of piperidine rings is 1. The molecule has 2 aromatic carbocycles. The van der Waals surface area contributed by atoms with Crippen molar-refractivity contribution in [3.63, 3.8) is 0 Å². The highest BCUT2D eigenvalue weighted by Gasteiger charge is 2.43. The highest BCUT2D eigenvalue weighted by molar-refractivity contribution is 9.10. The Morgan fingerprint density at radius 2 is 2.08 bits per heavy atom. The van der Waals surface area contributed by atoms with Crippen LogP contribution in [0.5, 0.6) is 5.75 Å². The van der Waals surface area contributed by atoms with Gasteiger partial charge >= 0.3 is 5.63 Å². The van der Waals surface area contributed by atoms with E-state index in [9.17, 15) is 14.7 Å². The minimum Gasteiger partial charge on any atom is -0.489 e. The van der Waals surface area contributed by atoms with E-state index >= 15 is 0 Å². The van der Waals surface area contributed by atoms with Crippen molar-refractivity contribution in [3.8, 4) is 5.75 Å². The van der Waals surface area contributed by atoms with Crippen LogP contribution >= 0.6 is 15.9 Å². The zero-order valence-corrected chi connectivity index (χ0v) is 22.2. The number of aryl methyl sites for hydroxylation is 1. The first kappa shape index (κ1) is 25.0. The van der Waals surface area contributed by atoms with Gasteiger partial charge in [-0.05, 0) is 68.0 Å². The molecule has 0 spiro atoms. The standard InChI is InChI=1S/C29H32BrNO5/c1-19-24-9-8-23(35-18-20-5-4-7-22(30)15-20)16-26(24)36-28(33)25(19)10-11-27(32)31-14-13-29(34)12-3-2-6-21(29)17-31/h4-5,7-9,15-16,21,34H,2-3,6,10-14,17-18H2,1H3. The molecule has 1 saturated heterocycles. The minimum atomic E-state index is -0.606. The van der Waals surface area contributed by atoms with Crippen LogP contribution in [0.2, 0.25) is 0 Å². The number of carbonyl (C=O) groups excluding carboxylic acids is 1. The summed E-state index contributed by atoms with van der Waals surface area (Å²) in [4.78, 5) is 27.7. The molecule has 2 unspecified atom stereocenters. The summed E-state index contributed by atoms with van der Waals surface area (Å²) in [5.74, 6) is 0.829. The van der Waals surface area contributed by atoms with E-state index in [1.54, 1.807) is 6.07 Å². The fourth-order valence-electron chi connectivity index (χ4n) is 5.73. The Morgan fingerprint density at radius 1 is 1.22 bits per heavy atom.